The Morgan fingerprint density at radius 2 is 1.90 bits per heavy atom. The molecule has 0 aliphatic heterocycles. The zero-order valence-corrected chi connectivity index (χ0v) is 7.02. The molecular formula is C6H16ClNO2. The molecule has 4 heteroatoms. The summed E-state index contributed by atoms with van der Waals surface area (Å²) in [5.74, 6) is 0. The Labute approximate surface area is 67.9 Å². The number of hydrogen-bond acceptors (Lipinski definition) is 3. The van der Waals surface area contributed by atoms with Gasteiger partial charge in [0, 0.05) is 6.42 Å². The minimum Gasteiger partial charge on any atom is -0.368 e. The average molecular weight is 170 g/mol. The quantitative estimate of drug-likeness (QED) is 0.405. The van der Waals surface area contributed by atoms with Gasteiger partial charge in [0.1, 0.15) is 0 Å². The van der Waals surface area contributed by atoms with Gasteiger partial charge >= 0.3 is 0 Å². The molecule has 10 heavy (non-hydrogen) atoms. The van der Waals surface area contributed by atoms with E-state index in [1.54, 1.807) is 0 Å². The van der Waals surface area contributed by atoms with E-state index in [9.17, 15) is 0 Å². The van der Waals surface area contributed by atoms with Crippen LogP contribution in [-0.4, -0.2) is 29.6 Å². The van der Waals surface area contributed by atoms with Crippen LogP contribution in [0.1, 0.15) is 19.8 Å². The molecule has 0 amide bonds. The predicted molar refractivity (Wildman–Crippen MR) is 43.3 cm³/mol. The second-order valence-electron chi connectivity index (χ2n) is 2.02. The van der Waals surface area contributed by atoms with Crippen molar-refractivity contribution in [3.8, 4) is 0 Å². The summed E-state index contributed by atoms with van der Waals surface area (Å²) in [4.78, 5) is 0. The Bertz CT molecular complexity index is 61.7. The first-order valence-corrected chi connectivity index (χ1v) is 3.34. The fourth-order valence-electron chi connectivity index (χ4n) is 0.533. The van der Waals surface area contributed by atoms with Gasteiger partial charge in [-0.3, -0.25) is 0 Å². The first-order chi connectivity index (χ1) is 4.27. The van der Waals surface area contributed by atoms with Crippen molar-refractivity contribution in [2.45, 2.75) is 26.1 Å². The van der Waals surface area contributed by atoms with E-state index in [1.807, 2.05) is 0 Å². The Hall–Kier alpha value is 0.170. The van der Waals surface area contributed by atoms with Crippen LogP contribution in [-0.2, 0) is 0 Å². The van der Waals surface area contributed by atoms with Crippen LogP contribution in [0.5, 0.6) is 0 Å². The van der Waals surface area contributed by atoms with E-state index in [0.29, 0.717) is 13.0 Å². The van der Waals surface area contributed by atoms with Gasteiger partial charge < -0.3 is 15.5 Å². The molecule has 0 rings (SSSR count). The van der Waals surface area contributed by atoms with E-state index < -0.39 is 6.29 Å². The third-order valence-corrected chi connectivity index (χ3v) is 1.01. The van der Waals surface area contributed by atoms with Crippen LogP contribution < -0.4 is 5.32 Å². The fraction of sp³-hybridized carbons (Fsp3) is 1.00. The monoisotopic (exact) mass is 169 g/mol. The molecular weight excluding hydrogens is 154 g/mol. The van der Waals surface area contributed by atoms with Crippen LogP contribution in [0.4, 0.5) is 0 Å². The number of rotatable bonds is 5. The lowest BCUT2D eigenvalue weighted by Gasteiger charge is -2.03. The Balaban J connectivity index is 0. The van der Waals surface area contributed by atoms with E-state index in [1.165, 1.54) is 0 Å². The van der Waals surface area contributed by atoms with Gasteiger partial charge in [-0.15, -0.1) is 12.4 Å². The second-order valence-corrected chi connectivity index (χ2v) is 2.02. The number of aliphatic hydroxyl groups is 2. The van der Waals surface area contributed by atoms with E-state index >= 15 is 0 Å². The first-order valence-electron chi connectivity index (χ1n) is 3.34. The van der Waals surface area contributed by atoms with Gasteiger partial charge in [-0.1, -0.05) is 6.92 Å². The van der Waals surface area contributed by atoms with Crippen molar-refractivity contribution < 1.29 is 10.2 Å². The van der Waals surface area contributed by atoms with Crippen LogP contribution >= 0.6 is 12.4 Å². The minimum absolute atomic E-state index is 0. The molecule has 0 saturated heterocycles. The summed E-state index contributed by atoms with van der Waals surface area (Å²) in [5, 5.41) is 19.8. The van der Waals surface area contributed by atoms with Crippen LogP contribution in [0.2, 0.25) is 0 Å². The standard InChI is InChI=1S/C6H15NO2.ClH/c1-2-4-7-5-3-6(8)9;/h6-9H,2-5H2,1H3;1H. The molecule has 0 aliphatic rings. The lowest BCUT2D eigenvalue weighted by Crippen LogP contribution is -2.20. The van der Waals surface area contributed by atoms with Gasteiger partial charge in [-0.05, 0) is 19.5 Å². The second kappa shape index (κ2) is 9.17. The molecule has 0 aromatic heterocycles. The van der Waals surface area contributed by atoms with Crippen molar-refractivity contribution in [1.29, 1.82) is 0 Å². The van der Waals surface area contributed by atoms with Gasteiger partial charge in [0.05, 0.1) is 0 Å². The van der Waals surface area contributed by atoms with Gasteiger partial charge in [-0.25, -0.2) is 0 Å². The number of aliphatic hydroxyl groups excluding tert-OH is 1. The summed E-state index contributed by atoms with van der Waals surface area (Å²) < 4.78 is 0. The van der Waals surface area contributed by atoms with Gasteiger partial charge in [0.2, 0.25) is 0 Å². The summed E-state index contributed by atoms with van der Waals surface area (Å²) in [5.41, 5.74) is 0. The summed E-state index contributed by atoms with van der Waals surface area (Å²) in [6.45, 7) is 3.71. The number of halogens is 1. The molecule has 0 fully saturated rings. The van der Waals surface area contributed by atoms with Crippen molar-refractivity contribution in [3.05, 3.63) is 0 Å². The SMILES string of the molecule is CCCNCCC(O)O.Cl. The average Bonchev–Trinajstić information content (AvgIpc) is 1.80. The van der Waals surface area contributed by atoms with E-state index in [2.05, 4.69) is 12.2 Å². The molecule has 0 atom stereocenters. The van der Waals surface area contributed by atoms with Crippen LogP contribution in [0, 0.1) is 0 Å². The van der Waals surface area contributed by atoms with E-state index in [4.69, 9.17) is 10.2 Å². The zero-order valence-electron chi connectivity index (χ0n) is 6.21. The molecule has 64 valence electrons. The van der Waals surface area contributed by atoms with Crippen molar-refractivity contribution in [2.24, 2.45) is 0 Å². The molecule has 0 unspecified atom stereocenters. The third-order valence-electron chi connectivity index (χ3n) is 1.01. The highest BCUT2D eigenvalue weighted by molar-refractivity contribution is 5.85. The maximum Gasteiger partial charge on any atom is 0.152 e. The molecule has 3 N–H and O–H groups in total. The molecule has 0 saturated carbocycles. The summed E-state index contributed by atoms with van der Waals surface area (Å²) >= 11 is 0. The van der Waals surface area contributed by atoms with E-state index in [0.717, 1.165) is 13.0 Å². The largest absolute Gasteiger partial charge is 0.368 e. The maximum absolute atomic E-state index is 8.37. The molecule has 0 radical (unpaired) electrons. The highest BCUT2D eigenvalue weighted by atomic mass is 35.5. The summed E-state index contributed by atoms with van der Waals surface area (Å²) in [6.07, 6.45) is 0.344. The highest BCUT2D eigenvalue weighted by Gasteiger charge is 1.93. The smallest absolute Gasteiger partial charge is 0.152 e. The normalized spacial score (nSPS) is 9.60. The lowest BCUT2D eigenvalue weighted by molar-refractivity contribution is -0.0443. The topological polar surface area (TPSA) is 52.5 Å². The molecule has 0 heterocycles. The van der Waals surface area contributed by atoms with Crippen molar-refractivity contribution >= 4 is 12.4 Å². The molecule has 0 spiro atoms. The summed E-state index contributed by atoms with van der Waals surface area (Å²) in [7, 11) is 0. The molecule has 0 bridgehead atoms. The third kappa shape index (κ3) is 11.0. The van der Waals surface area contributed by atoms with Crippen molar-refractivity contribution in [1.82, 2.24) is 5.32 Å². The molecule has 0 aliphatic carbocycles. The van der Waals surface area contributed by atoms with Crippen LogP contribution in [0.3, 0.4) is 0 Å². The van der Waals surface area contributed by atoms with Crippen LogP contribution in [0.15, 0.2) is 0 Å². The molecule has 3 nitrogen and oxygen atoms in total. The number of nitrogens with one attached hydrogen (secondary N) is 1. The summed E-state index contributed by atoms with van der Waals surface area (Å²) in [6, 6.07) is 0. The highest BCUT2D eigenvalue weighted by Crippen LogP contribution is 1.81. The Morgan fingerprint density at radius 3 is 2.30 bits per heavy atom. The van der Waals surface area contributed by atoms with Crippen molar-refractivity contribution in [2.75, 3.05) is 13.1 Å². The van der Waals surface area contributed by atoms with Gasteiger partial charge in [-0.2, -0.15) is 0 Å². The lowest BCUT2D eigenvalue weighted by atomic mass is 10.4. The van der Waals surface area contributed by atoms with Crippen molar-refractivity contribution in [3.63, 3.8) is 0 Å². The predicted octanol–water partition coefficient (Wildman–Crippen LogP) is 0.109. The van der Waals surface area contributed by atoms with Gasteiger partial charge in [0.15, 0.2) is 6.29 Å². The van der Waals surface area contributed by atoms with E-state index in [-0.39, 0.29) is 12.4 Å². The van der Waals surface area contributed by atoms with Gasteiger partial charge in [0.25, 0.3) is 0 Å². The maximum atomic E-state index is 8.37. The Morgan fingerprint density at radius 1 is 1.30 bits per heavy atom. The molecule has 0 aromatic carbocycles. The molecule has 0 aromatic rings. The minimum atomic E-state index is -1.16. The number of hydrogen-bond donors (Lipinski definition) is 3. The first kappa shape index (κ1) is 12.8. The fourth-order valence-corrected chi connectivity index (χ4v) is 0.533. The zero-order chi connectivity index (χ0) is 7.11. The van der Waals surface area contributed by atoms with Crippen LogP contribution in [0.25, 0.3) is 0 Å². The Kier molecular flexibility index (Phi) is 11.7.